The second-order valence-corrected chi connectivity index (χ2v) is 10.5. The van der Waals surface area contributed by atoms with E-state index in [-0.39, 0.29) is 18.7 Å². The molecule has 1 unspecified atom stereocenters. The van der Waals surface area contributed by atoms with E-state index in [9.17, 15) is 4.79 Å². The van der Waals surface area contributed by atoms with Crippen LogP contribution in [0.3, 0.4) is 0 Å². The summed E-state index contributed by atoms with van der Waals surface area (Å²) in [5.41, 5.74) is 3.15. The van der Waals surface area contributed by atoms with E-state index in [4.69, 9.17) is 19.2 Å². The first-order valence-corrected chi connectivity index (χ1v) is 14.2. The number of hydrogen-bond donors (Lipinski definition) is 1. The van der Waals surface area contributed by atoms with Crippen molar-refractivity contribution in [2.24, 2.45) is 0 Å². The summed E-state index contributed by atoms with van der Waals surface area (Å²) in [7, 11) is 1.65. The number of aryl methyl sites for hydroxylation is 1. The normalized spacial score (nSPS) is 16.4. The second kappa shape index (κ2) is 12.5. The first kappa shape index (κ1) is 27.5. The van der Waals surface area contributed by atoms with Crippen molar-refractivity contribution in [3.8, 4) is 23.2 Å². The Labute approximate surface area is 245 Å². The maximum Gasteiger partial charge on any atom is 0.237 e. The van der Waals surface area contributed by atoms with Crippen LogP contribution in [0, 0.1) is 6.92 Å². The van der Waals surface area contributed by atoms with Gasteiger partial charge in [-0.15, -0.1) is 0 Å². The van der Waals surface area contributed by atoms with E-state index in [1.165, 1.54) is 0 Å². The molecule has 0 saturated carbocycles. The lowest BCUT2D eigenvalue weighted by molar-refractivity contribution is -0.122. The fraction of sp³-hybridized carbons (Fsp3) is 0.355. The Morgan fingerprint density at radius 3 is 2.69 bits per heavy atom. The number of anilines is 1. The number of hydrogen-bond acceptors (Lipinski definition) is 9. The van der Waals surface area contributed by atoms with Gasteiger partial charge >= 0.3 is 0 Å². The average Bonchev–Trinajstić information content (AvgIpc) is 3.71. The standard InChI is InChI=1S/C31H35N7O4/c1-22-15-29(35-31(34-22)38-12-11-32-20-38)37-14-13-36(18-24-5-8-27-28(16-24)42-21-41-27)25(19-37)17-30(39)33-10-9-23-3-6-26(40-2)7-4-23/h3-8,11-12,15-16,20,25H,9-10,13-14,17-19,21H2,1-2H3,(H,33,39). The molecule has 0 radical (unpaired) electrons. The molecule has 1 atom stereocenters. The van der Waals surface area contributed by atoms with Crippen molar-refractivity contribution in [2.75, 3.05) is 45.0 Å². The number of ether oxygens (including phenoxy) is 3. The van der Waals surface area contributed by atoms with E-state index in [0.29, 0.717) is 32.0 Å². The molecule has 1 amide bonds. The molecule has 2 aromatic heterocycles. The molecule has 11 nitrogen and oxygen atoms in total. The van der Waals surface area contributed by atoms with Gasteiger partial charge in [-0.1, -0.05) is 18.2 Å². The van der Waals surface area contributed by atoms with Gasteiger partial charge in [0.05, 0.1) is 7.11 Å². The third kappa shape index (κ3) is 6.46. The number of piperazine rings is 1. The highest BCUT2D eigenvalue weighted by Crippen LogP contribution is 2.33. The number of nitrogens with zero attached hydrogens (tertiary/aromatic N) is 6. The van der Waals surface area contributed by atoms with Gasteiger partial charge in [-0.2, -0.15) is 4.98 Å². The topological polar surface area (TPSA) is 107 Å². The molecule has 0 spiro atoms. The lowest BCUT2D eigenvalue weighted by Crippen LogP contribution is -2.54. The van der Waals surface area contributed by atoms with Crippen LogP contribution in [-0.2, 0) is 17.8 Å². The van der Waals surface area contributed by atoms with Crippen LogP contribution in [0.4, 0.5) is 5.82 Å². The Bertz CT molecular complexity index is 1510. The minimum atomic E-state index is -0.0166. The Kier molecular flexibility index (Phi) is 8.18. The van der Waals surface area contributed by atoms with Crippen molar-refractivity contribution >= 4 is 11.7 Å². The van der Waals surface area contributed by atoms with E-state index in [1.54, 1.807) is 24.2 Å². The summed E-state index contributed by atoms with van der Waals surface area (Å²) in [5, 5.41) is 3.13. The number of imidazole rings is 1. The van der Waals surface area contributed by atoms with E-state index in [1.807, 2.05) is 55.6 Å². The van der Waals surface area contributed by atoms with Crippen molar-refractivity contribution in [3.05, 3.63) is 84.1 Å². The number of carbonyl (C=O) groups excluding carboxylic acids is 1. The number of nitrogens with one attached hydrogen (secondary N) is 1. The van der Waals surface area contributed by atoms with Crippen molar-refractivity contribution in [2.45, 2.75) is 32.4 Å². The second-order valence-electron chi connectivity index (χ2n) is 10.5. The van der Waals surface area contributed by atoms with Crippen molar-refractivity contribution in [1.82, 2.24) is 29.7 Å². The van der Waals surface area contributed by atoms with Gasteiger partial charge in [0.15, 0.2) is 11.5 Å². The SMILES string of the molecule is COc1ccc(CCNC(=O)CC2CN(c3cc(C)nc(-n4ccnc4)n3)CCN2Cc2ccc3c(c2)OCO3)cc1. The molecule has 1 fully saturated rings. The Hall–Kier alpha value is -4.64. The predicted octanol–water partition coefficient (Wildman–Crippen LogP) is 3.15. The molecule has 11 heteroatoms. The van der Waals surface area contributed by atoms with Gasteiger partial charge in [-0.3, -0.25) is 14.3 Å². The highest BCUT2D eigenvalue weighted by molar-refractivity contribution is 5.76. The van der Waals surface area contributed by atoms with Gasteiger partial charge in [0.1, 0.15) is 17.9 Å². The number of benzene rings is 2. The largest absolute Gasteiger partial charge is 0.497 e. The van der Waals surface area contributed by atoms with Crippen LogP contribution in [0.1, 0.15) is 23.2 Å². The molecule has 4 heterocycles. The van der Waals surface area contributed by atoms with Gasteiger partial charge < -0.3 is 24.4 Å². The lowest BCUT2D eigenvalue weighted by Gasteiger charge is -2.42. The predicted molar refractivity (Wildman–Crippen MR) is 157 cm³/mol. The number of carbonyl (C=O) groups is 1. The molecule has 42 heavy (non-hydrogen) atoms. The van der Waals surface area contributed by atoms with Crippen molar-refractivity contribution < 1.29 is 19.0 Å². The van der Waals surface area contributed by atoms with Crippen LogP contribution in [-0.4, -0.2) is 76.4 Å². The van der Waals surface area contributed by atoms with Crippen LogP contribution < -0.4 is 24.4 Å². The Morgan fingerprint density at radius 2 is 1.88 bits per heavy atom. The molecular weight excluding hydrogens is 534 g/mol. The zero-order chi connectivity index (χ0) is 28.9. The number of amides is 1. The zero-order valence-corrected chi connectivity index (χ0v) is 23.9. The summed E-state index contributed by atoms with van der Waals surface area (Å²) >= 11 is 0. The lowest BCUT2D eigenvalue weighted by atomic mass is 10.1. The molecule has 4 aromatic rings. The van der Waals surface area contributed by atoms with Gasteiger partial charge in [0.25, 0.3) is 0 Å². The van der Waals surface area contributed by atoms with Gasteiger partial charge in [0, 0.05) is 69.3 Å². The van der Waals surface area contributed by atoms with Crippen molar-refractivity contribution in [3.63, 3.8) is 0 Å². The minimum Gasteiger partial charge on any atom is -0.497 e. The number of fused-ring (bicyclic) bond motifs is 1. The zero-order valence-electron chi connectivity index (χ0n) is 23.9. The summed E-state index contributed by atoms with van der Waals surface area (Å²) in [6.45, 7) is 5.71. The van der Waals surface area contributed by atoms with Crippen LogP contribution in [0.25, 0.3) is 5.95 Å². The Morgan fingerprint density at radius 1 is 1.05 bits per heavy atom. The highest BCUT2D eigenvalue weighted by Gasteiger charge is 2.30. The van der Waals surface area contributed by atoms with Crippen LogP contribution in [0.2, 0.25) is 0 Å². The first-order chi connectivity index (χ1) is 20.5. The number of methoxy groups -OCH3 is 1. The smallest absolute Gasteiger partial charge is 0.237 e. The van der Waals surface area contributed by atoms with E-state index in [2.05, 4.69) is 31.2 Å². The molecule has 218 valence electrons. The Balaban J connectivity index is 1.15. The molecule has 2 aliphatic rings. The molecule has 1 N–H and O–H groups in total. The quantitative estimate of drug-likeness (QED) is 0.308. The average molecular weight is 570 g/mol. The third-order valence-corrected chi connectivity index (χ3v) is 7.63. The van der Waals surface area contributed by atoms with Gasteiger partial charge in [0.2, 0.25) is 18.6 Å². The van der Waals surface area contributed by atoms with E-state index < -0.39 is 0 Å². The molecule has 6 rings (SSSR count). The fourth-order valence-electron chi connectivity index (χ4n) is 5.39. The summed E-state index contributed by atoms with van der Waals surface area (Å²) in [6.07, 6.45) is 6.37. The van der Waals surface area contributed by atoms with Crippen LogP contribution >= 0.6 is 0 Å². The first-order valence-electron chi connectivity index (χ1n) is 14.2. The van der Waals surface area contributed by atoms with E-state index in [0.717, 1.165) is 59.4 Å². The van der Waals surface area contributed by atoms with Gasteiger partial charge in [-0.05, 0) is 48.7 Å². The van der Waals surface area contributed by atoms with Crippen LogP contribution in [0.15, 0.2) is 67.3 Å². The third-order valence-electron chi connectivity index (χ3n) is 7.63. The summed E-state index contributed by atoms with van der Waals surface area (Å²) in [4.78, 5) is 31.4. The summed E-state index contributed by atoms with van der Waals surface area (Å²) < 4.78 is 18.1. The number of rotatable bonds is 10. The maximum atomic E-state index is 13.2. The summed E-state index contributed by atoms with van der Waals surface area (Å²) in [5.74, 6) is 3.82. The molecular formula is C31H35N7O4. The highest BCUT2D eigenvalue weighted by atomic mass is 16.7. The van der Waals surface area contributed by atoms with E-state index >= 15 is 0 Å². The molecule has 1 saturated heterocycles. The fourth-order valence-corrected chi connectivity index (χ4v) is 5.39. The summed E-state index contributed by atoms with van der Waals surface area (Å²) in [6, 6.07) is 16.0. The molecule has 0 bridgehead atoms. The minimum absolute atomic E-state index is 0.0166. The van der Waals surface area contributed by atoms with Crippen molar-refractivity contribution in [1.29, 1.82) is 0 Å². The molecule has 0 aliphatic carbocycles. The molecule has 2 aliphatic heterocycles. The molecule has 2 aromatic carbocycles. The van der Waals surface area contributed by atoms with Gasteiger partial charge in [-0.25, -0.2) is 9.97 Å². The van der Waals surface area contributed by atoms with Crippen LogP contribution in [0.5, 0.6) is 17.2 Å². The number of aromatic nitrogens is 4. The monoisotopic (exact) mass is 569 g/mol. The maximum absolute atomic E-state index is 13.2.